The topological polar surface area (TPSA) is 63.8 Å². The Morgan fingerprint density at radius 3 is 2.50 bits per heavy atom. The standard InChI is InChI=1S/C14H16F2N4/c1-9(10-4-11(15)6-12(16)5-10)20-14-7-13(2-3-17)18-8-19-14/h4-9H,2-3,17H2,1H3,(H,18,19,20). The number of halogens is 2. The molecule has 1 aromatic heterocycles. The van der Waals surface area contributed by atoms with Gasteiger partial charge < -0.3 is 11.1 Å². The molecule has 0 radical (unpaired) electrons. The highest BCUT2D eigenvalue weighted by Gasteiger charge is 2.09. The molecule has 1 unspecified atom stereocenters. The molecule has 1 aromatic carbocycles. The number of aromatic nitrogens is 2. The van der Waals surface area contributed by atoms with Crippen molar-refractivity contribution < 1.29 is 8.78 Å². The Labute approximate surface area is 116 Å². The van der Waals surface area contributed by atoms with E-state index in [0.717, 1.165) is 11.8 Å². The van der Waals surface area contributed by atoms with Crippen LogP contribution in [0.25, 0.3) is 0 Å². The van der Waals surface area contributed by atoms with Gasteiger partial charge in [-0.3, -0.25) is 0 Å². The lowest BCUT2D eigenvalue weighted by atomic mass is 10.1. The van der Waals surface area contributed by atoms with E-state index in [9.17, 15) is 8.78 Å². The Kier molecular flexibility index (Phi) is 4.57. The van der Waals surface area contributed by atoms with E-state index < -0.39 is 11.6 Å². The maximum Gasteiger partial charge on any atom is 0.130 e. The minimum absolute atomic E-state index is 0.277. The zero-order chi connectivity index (χ0) is 14.5. The second-order valence-electron chi connectivity index (χ2n) is 4.50. The average Bonchev–Trinajstić information content (AvgIpc) is 2.38. The number of hydrogen-bond donors (Lipinski definition) is 2. The van der Waals surface area contributed by atoms with Crippen LogP contribution >= 0.6 is 0 Å². The molecule has 0 saturated carbocycles. The first-order valence-electron chi connectivity index (χ1n) is 6.32. The van der Waals surface area contributed by atoms with Crippen molar-refractivity contribution >= 4 is 5.82 Å². The molecule has 2 aromatic rings. The molecule has 4 nitrogen and oxygen atoms in total. The SMILES string of the molecule is CC(Nc1cc(CCN)ncn1)c1cc(F)cc(F)c1. The van der Waals surface area contributed by atoms with Crippen LogP contribution in [-0.2, 0) is 6.42 Å². The Hall–Kier alpha value is -2.08. The number of rotatable bonds is 5. The molecule has 0 aliphatic heterocycles. The van der Waals surface area contributed by atoms with Gasteiger partial charge in [0, 0.05) is 24.2 Å². The van der Waals surface area contributed by atoms with Crippen molar-refractivity contribution in [3.8, 4) is 0 Å². The highest BCUT2D eigenvalue weighted by molar-refractivity contribution is 5.38. The van der Waals surface area contributed by atoms with Crippen molar-refractivity contribution in [1.82, 2.24) is 9.97 Å². The predicted molar refractivity (Wildman–Crippen MR) is 73.2 cm³/mol. The minimum Gasteiger partial charge on any atom is -0.363 e. The van der Waals surface area contributed by atoms with Crippen LogP contribution in [0, 0.1) is 11.6 Å². The molecule has 0 aliphatic rings. The number of nitrogens with two attached hydrogens (primary N) is 1. The van der Waals surface area contributed by atoms with Gasteiger partial charge in [0.15, 0.2) is 0 Å². The fraction of sp³-hybridized carbons (Fsp3) is 0.286. The second-order valence-corrected chi connectivity index (χ2v) is 4.50. The third-order valence-corrected chi connectivity index (χ3v) is 2.87. The van der Waals surface area contributed by atoms with Crippen molar-refractivity contribution in [3.05, 3.63) is 53.5 Å². The van der Waals surface area contributed by atoms with Crippen LogP contribution in [0.4, 0.5) is 14.6 Å². The summed E-state index contributed by atoms with van der Waals surface area (Å²) >= 11 is 0. The molecule has 6 heteroatoms. The van der Waals surface area contributed by atoms with Gasteiger partial charge in [0.1, 0.15) is 23.8 Å². The Balaban J connectivity index is 2.14. The monoisotopic (exact) mass is 278 g/mol. The number of anilines is 1. The summed E-state index contributed by atoms with van der Waals surface area (Å²) in [4.78, 5) is 8.17. The number of nitrogens with one attached hydrogen (secondary N) is 1. The van der Waals surface area contributed by atoms with Crippen LogP contribution in [0.1, 0.15) is 24.2 Å². The summed E-state index contributed by atoms with van der Waals surface area (Å²) in [7, 11) is 0. The Bertz CT molecular complexity index is 569. The molecule has 0 amide bonds. The highest BCUT2D eigenvalue weighted by atomic mass is 19.1. The third kappa shape index (κ3) is 3.71. The maximum absolute atomic E-state index is 13.2. The van der Waals surface area contributed by atoms with E-state index in [1.54, 1.807) is 13.0 Å². The van der Waals surface area contributed by atoms with Crippen LogP contribution in [-0.4, -0.2) is 16.5 Å². The van der Waals surface area contributed by atoms with Gasteiger partial charge in [0.05, 0.1) is 6.04 Å². The Morgan fingerprint density at radius 1 is 1.15 bits per heavy atom. The Morgan fingerprint density at radius 2 is 1.85 bits per heavy atom. The molecule has 0 spiro atoms. The van der Waals surface area contributed by atoms with Crippen molar-refractivity contribution in [2.45, 2.75) is 19.4 Å². The van der Waals surface area contributed by atoms with Crippen molar-refractivity contribution in [2.24, 2.45) is 5.73 Å². The van der Waals surface area contributed by atoms with Gasteiger partial charge in [-0.2, -0.15) is 0 Å². The van der Waals surface area contributed by atoms with E-state index in [-0.39, 0.29) is 6.04 Å². The summed E-state index contributed by atoms with van der Waals surface area (Å²) in [5.41, 5.74) is 6.81. The van der Waals surface area contributed by atoms with E-state index in [0.29, 0.717) is 24.3 Å². The average molecular weight is 278 g/mol. The van der Waals surface area contributed by atoms with E-state index in [1.807, 2.05) is 0 Å². The highest BCUT2D eigenvalue weighted by Crippen LogP contribution is 2.20. The largest absolute Gasteiger partial charge is 0.363 e. The van der Waals surface area contributed by atoms with Gasteiger partial charge in [-0.1, -0.05) is 0 Å². The summed E-state index contributed by atoms with van der Waals surface area (Å²) in [6.45, 7) is 2.31. The van der Waals surface area contributed by atoms with E-state index >= 15 is 0 Å². The van der Waals surface area contributed by atoms with Crippen molar-refractivity contribution in [3.63, 3.8) is 0 Å². The molecule has 1 atom stereocenters. The van der Waals surface area contributed by atoms with Gasteiger partial charge in [-0.15, -0.1) is 0 Å². The molecule has 0 aliphatic carbocycles. The quantitative estimate of drug-likeness (QED) is 0.881. The third-order valence-electron chi connectivity index (χ3n) is 2.87. The lowest BCUT2D eigenvalue weighted by Gasteiger charge is -2.15. The minimum atomic E-state index is -0.597. The van der Waals surface area contributed by atoms with Gasteiger partial charge in [-0.25, -0.2) is 18.7 Å². The summed E-state index contributed by atoms with van der Waals surface area (Å²) in [6, 6.07) is 4.94. The summed E-state index contributed by atoms with van der Waals surface area (Å²) in [5, 5.41) is 3.09. The molecule has 0 saturated heterocycles. The molecule has 0 fully saturated rings. The fourth-order valence-corrected chi connectivity index (χ4v) is 1.89. The molecule has 0 bridgehead atoms. The summed E-state index contributed by atoms with van der Waals surface area (Å²) < 4.78 is 26.4. The first kappa shape index (κ1) is 14.3. The zero-order valence-corrected chi connectivity index (χ0v) is 11.1. The first-order valence-corrected chi connectivity index (χ1v) is 6.32. The molecular formula is C14H16F2N4. The van der Waals surface area contributed by atoms with Crippen LogP contribution in [0.2, 0.25) is 0 Å². The van der Waals surface area contributed by atoms with Crippen molar-refractivity contribution in [1.29, 1.82) is 0 Å². The van der Waals surface area contributed by atoms with Gasteiger partial charge >= 0.3 is 0 Å². The normalized spacial score (nSPS) is 12.2. The van der Waals surface area contributed by atoms with Crippen molar-refractivity contribution in [2.75, 3.05) is 11.9 Å². The first-order chi connectivity index (χ1) is 9.58. The molecular weight excluding hydrogens is 262 g/mol. The van der Waals surface area contributed by atoms with Crippen LogP contribution in [0.3, 0.4) is 0 Å². The number of benzene rings is 1. The predicted octanol–water partition coefficient (Wildman–Crippen LogP) is 2.43. The van der Waals surface area contributed by atoms with Crippen LogP contribution < -0.4 is 11.1 Å². The molecule has 2 rings (SSSR count). The molecule has 106 valence electrons. The van der Waals surface area contributed by atoms with E-state index in [1.165, 1.54) is 18.5 Å². The van der Waals surface area contributed by atoms with Gasteiger partial charge in [-0.05, 0) is 31.2 Å². The van der Waals surface area contributed by atoms with E-state index in [2.05, 4.69) is 15.3 Å². The smallest absolute Gasteiger partial charge is 0.130 e. The molecule has 3 N–H and O–H groups in total. The summed E-state index contributed by atoms with van der Waals surface area (Å²) in [5.74, 6) is -0.596. The number of hydrogen-bond acceptors (Lipinski definition) is 4. The second kappa shape index (κ2) is 6.38. The van der Waals surface area contributed by atoms with Crippen LogP contribution in [0.5, 0.6) is 0 Å². The van der Waals surface area contributed by atoms with E-state index in [4.69, 9.17) is 5.73 Å². The summed E-state index contributed by atoms with van der Waals surface area (Å²) in [6.07, 6.45) is 2.09. The van der Waals surface area contributed by atoms with Gasteiger partial charge in [0.25, 0.3) is 0 Å². The lowest BCUT2D eigenvalue weighted by molar-refractivity contribution is 0.577. The zero-order valence-electron chi connectivity index (χ0n) is 11.1. The lowest BCUT2D eigenvalue weighted by Crippen LogP contribution is -2.10. The fourth-order valence-electron chi connectivity index (χ4n) is 1.89. The molecule has 1 heterocycles. The molecule has 20 heavy (non-hydrogen) atoms. The van der Waals surface area contributed by atoms with Crippen LogP contribution in [0.15, 0.2) is 30.6 Å². The van der Waals surface area contributed by atoms with Gasteiger partial charge in [0.2, 0.25) is 0 Å². The number of nitrogens with zero attached hydrogens (tertiary/aromatic N) is 2. The maximum atomic E-state index is 13.2.